The van der Waals surface area contributed by atoms with Gasteiger partial charge in [-0.1, -0.05) is 19.2 Å². The van der Waals surface area contributed by atoms with Gasteiger partial charge < -0.3 is 10.2 Å². The van der Waals surface area contributed by atoms with Crippen LogP contribution in [0.4, 0.5) is 0 Å². The summed E-state index contributed by atoms with van der Waals surface area (Å²) in [6, 6.07) is 0. The maximum Gasteiger partial charge on any atom is 0.0575 e. The highest BCUT2D eigenvalue weighted by molar-refractivity contribution is 5.71. The molecule has 1 rings (SSSR count). The van der Waals surface area contributed by atoms with Crippen LogP contribution in [0, 0.1) is 0 Å². The minimum atomic E-state index is 0.769. The lowest BCUT2D eigenvalue weighted by atomic mass is 10.3. The Balaban J connectivity index is 2.53. The van der Waals surface area contributed by atoms with Crippen LogP contribution in [0.15, 0.2) is 41.7 Å². The van der Waals surface area contributed by atoms with Crippen LogP contribution in [0.1, 0.15) is 6.92 Å². The summed E-state index contributed by atoms with van der Waals surface area (Å²) >= 11 is 0. The summed E-state index contributed by atoms with van der Waals surface area (Å²) in [5, 5.41) is 3.32. The van der Waals surface area contributed by atoms with E-state index in [-0.39, 0.29) is 0 Å². The van der Waals surface area contributed by atoms with E-state index in [9.17, 15) is 0 Å². The Kier molecular flexibility index (Phi) is 4.84. The molecule has 15 heavy (non-hydrogen) atoms. The molecule has 0 aromatic carbocycles. The summed E-state index contributed by atoms with van der Waals surface area (Å²) < 4.78 is 0. The first kappa shape index (κ1) is 11.7. The predicted octanol–water partition coefficient (Wildman–Crippen LogP) is 1.57. The van der Waals surface area contributed by atoms with Gasteiger partial charge in [0, 0.05) is 38.1 Å². The van der Waals surface area contributed by atoms with Crippen molar-refractivity contribution in [3.63, 3.8) is 0 Å². The summed E-state index contributed by atoms with van der Waals surface area (Å²) in [7, 11) is 0. The fourth-order valence-corrected chi connectivity index (χ4v) is 1.54. The predicted molar refractivity (Wildman–Crippen MR) is 66.0 cm³/mol. The van der Waals surface area contributed by atoms with E-state index in [1.54, 1.807) is 12.3 Å². The van der Waals surface area contributed by atoms with Crippen LogP contribution in [0.2, 0.25) is 0 Å². The van der Waals surface area contributed by atoms with Gasteiger partial charge >= 0.3 is 0 Å². The van der Waals surface area contributed by atoms with Crippen LogP contribution in [-0.4, -0.2) is 37.3 Å². The van der Waals surface area contributed by atoms with Gasteiger partial charge in [-0.15, -0.1) is 0 Å². The zero-order valence-corrected chi connectivity index (χ0v) is 9.37. The molecule has 0 unspecified atom stereocenters. The van der Waals surface area contributed by atoms with Crippen molar-refractivity contribution in [2.24, 2.45) is 4.99 Å². The van der Waals surface area contributed by atoms with E-state index < -0.39 is 0 Å². The van der Waals surface area contributed by atoms with Gasteiger partial charge in [0.05, 0.1) is 5.70 Å². The van der Waals surface area contributed by atoms with E-state index >= 15 is 0 Å². The van der Waals surface area contributed by atoms with Crippen LogP contribution < -0.4 is 5.32 Å². The zero-order chi connectivity index (χ0) is 11.1. The average Bonchev–Trinajstić information content (AvgIpc) is 2.27. The summed E-state index contributed by atoms with van der Waals surface area (Å²) in [5.41, 5.74) is 1.99. The van der Waals surface area contributed by atoms with Crippen molar-refractivity contribution in [3.8, 4) is 0 Å². The van der Waals surface area contributed by atoms with E-state index in [0.29, 0.717) is 0 Å². The Morgan fingerprint density at radius 3 is 2.67 bits per heavy atom. The number of hydrogen-bond donors (Lipinski definition) is 1. The van der Waals surface area contributed by atoms with Crippen LogP contribution in [0.3, 0.4) is 0 Å². The van der Waals surface area contributed by atoms with Crippen LogP contribution >= 0.6 is 0 Å². The van der Waals surface area contributed by atoms with Gasteiger partial charge in [0.15, 0.2) is 0 Å². The molecule has 0 spiro atoms. The Bertz CT molecular complexity index is 283. The minimum Gasteiger partial charge on any atom is -0.372 e. The summed E-state index contributed by atoms with van der Waals surface area (Å²) in [6.07, 6.45) is 5.31. The van der Waals surface area contributed by atoms with E-state index in [4.69, 9.17) is 0 Å². The lowest BCUT2D eigenvalue weighted by molar-refractivity contribution is 0.300. The Labute approximate surface area is 91.9 Å². The molecule has 0 atom stereocenters. The SMILES string of the molecule is C=CC=NC(=C)/C=C(/C)N1CCNCC1. The van der Waals surface area contributed by atoms with Gasteiger partial charge in [0.2, 0.25) is 0 Å². The molecule has 0 aromatic rings. The Morgan fingerprint density at radius 2 is 2.07 bits per heavy atom. The average molecular weight is 205 g/mol. The first-order chi connectivity index (χ1) is 7.24. The van der Waals surface area contributed by atoms with E-state index in [1.165, 1.54) is 5.70 Å². The molecule has 82 valence electrons. The van der Waals surface area contributed by atoms with Gasteiger partial charge in [-0.25, -0.2) is 0 Å². The highest BCUT2D eigenvalue weighted by atomic mass is 15.2. The number of rotatable bonds is 4. The topological polar surface area (TPSA) is 27.6 Å². The fraction of sp³-hybridized carbons (Fsp3) is 0.417. The standard InChI is InChI=1S/C12H19N3/c1-4-5-14-11(2)10-12(3)15-8-6-13-7-9-15/h4-5,10,13H,1-2,6-9H2,3H3/b12-10-,14-5?. The second-order valence-corrected chi connectivity index (χ2v) is 3.53. The van der Waals surface area contributed by atoms with Crippen molar-refractivity contribution in [3.05, 3.63) is 36.7 Å². The molecule has 0 aromatic heterocycles. The number of aliphatic imine (C=N–C) groups is 1. The van der Waals surface area contributed by atoms with Gasteiger partial charge in [-0.3, -0.25) is 4.99 Å². The van der Waals surface area contributed by atoms with Crippen molar-refractivity contribution in [2.75, 3.05) is 26.2 Å². The fourth-order valence-electron chi connectivity index (χ4n) is 1.54. The lowest BCUT2D eigenvalue weighted by Crippen LogP contribution is -2.42. The highest BCUT2D eigenvalue weighted by Crippen LogP contribution is 2.08. The molecule has 0 radical (unpaired) electrons. The van der Waals surface area contributed by atoms with E-state index in [1.807, 2.05) is 6.08 Å². The smallest absolute Gasteiger partial charge is 0.0575 e. The van der Waals surface area contributed by atoms with Crippen molar-refractivity contribution in [1.82, 2.24) is 10.2 Å². The molecule has 0 amide bonds. The molecule has 1 N–H and O–H groups in total. The first-order valence-electron chi connectivity index (χ1n) is 5.22. The molecule has 3 nitrogen and oxygen atoms in total. The van der Waals surface area contributed by atoms with Crippen molar-refractivity contribution >= 4 is 6.21 Å². The molecule has 1 saturated heterocycles. The zero-order valence-electron chi connectivity index (χ0n) is 9.37. The third-order valence-corrected chi connectivity index (χ3v) is 2.34. The molecule has 0 saturated carbocycles. The summed E-state index contributed by atoms with van der Waals surface area (Å²) in [5.74, 6) is 0. The normalized spacial score (nSPS) is 18.2. The van der Waals surface area contributed by atoms with E-state index in [2.05, 4.69) is 35.3 Å². The second-order valence-electron chi connectivity index (χ2n) is 3.53. The molecule has 3 heteroatoms. The third-order valence-electron chi connectivity index (χ3n) is 2.34. The summed E-state index contributed by atoms with van der Waals surface area (Å²) in [6.45, 7) is 13.7. The highest BCUT2D eigenvalue weighted by Gasteiger charge is 2.08. The molecule has 0 bridgehead atoms. The quantitative estimate of drug-likeness (QED) is 0.557. The molecule has 1 heterocycles. The maximum atomic E-state index is 4.12. The number of nitrogens with one attached hydrogen (secondary N) is 1. The summed E-state index contributed by atoms with van der Waals surface area (Å²) in [4.78, 5) is 6.46. The van der Waals surface area contributed by atoms with Gasteiger partial charge in [-0.05, 0) is 13.0 Å². The maximum absolute atomic E-state index is 4.12. The molecule has 1 aliphatic rings. The van der Waals surface area contributed by atoms with Crippen LogP contribution in [0.25, 0.3) is 0 Å². The van der Waals surface area contributed by atoms with Gasteiger partial charge in [0.1, 0.15) is 0 Å². The van der Waals surface area contributed by atoms with Crippen LogP contribution in [-0.2, 0) is 0 Å². The van der Waals surface area contributed by atoms with Crippen molar-refractivity contribution in [1.29, 1.82) is 0 Å². The molecule has 1 aliphatic heterocycles. The molecular weight excluding hydrogens is 186 g/mol. The minimum absolute atomic E-state index is 0.769. The number of nitrogens with zero attached hydrogens (tertiary/aromatic N) is 2. The van der Waals surface area contributed by atoms with Crippen molar-refractivity contribution in [2.45, 2.75) is 6.92 Å². The lowest BCUT2D eigenvalue weighted by Gasteiger charge is -2.30. The van der Waals surface area contributed by atoms with Gasteiger partial charge in [-0.2, -0.15) is 0 Å². The molecule has 1 fully saturated rings. The Hall–Kier alpha value is -1.35. The molecular formula is C12H19N3. The number of piperazine rings is 1. The monoisotopic (exact) mass is 205 g/mol. The third kappa shape index (κ3) is 4.13. The number of hydrogen-bond acceptors (Lipinski definition) is 3. The van der Waals surface area contributed by atoms with Crippen molar-refractivity contribution < 1.29 is 0 Å². The first-order valence-corrected chi connectivity index (χ1v) is 5.22. The van der Waals surface area contributed by atoms with Gasteiger partial charge in [0.25, 0.3) is 0 Å². The molecule has 0 aliphatic carbocycles. The second kappa shape index (κ2) is 6.19. The number of allylic oxidation sites excluding steroid dienone is 3. The van der Waals surface area contributed by atoms with Crippen LogP contribution in [0.5, 0.6) is 0 Å². The Morgan fingerprint density at radius 1 is 1.40 bits per heavy atom. The van der Waals surface area contributed by atoms with E-state index in [0.717, 1.165) is 31.9 Å². The largest absolute Gasteiger partial charge is 0.372 e.